The van der Waals surface area contributed by atoms with Crippen LogP contribution in [0.3, 0.4) is 0 Å². The molecule has 33 heavy (non-hydrogen) atoms. The van der Waals surface area contributed by atoms with Crippen LogP contribution in [0.15, 0.2) is 64.8 Å². The SMILES string of the molecule is Cc1ccc(CNC(=O)C2CCCN(c3nc4c(-c5ccccc5)csc4c(=O)[nH]3)C2)cc1. The van der Waals surface area contributed by atoms with E-state index in [4.69, 9.17) is 4.98 Å². The van der Waals surface area contributed by atoms with Crippen molar-refractivity contribution in [2.45, 2.75) is 26.3 Å². The summed E-state index contributed by atoms with van der Waals surface area (Å²) < 4.78 is 0.627. The summed E-state index contributed by atoms with van der Waals surface area (Å²) in [6.45, 7) is 3.87. The molecule has 2 aromatic carbocycles. The van der Waals surface area contributed by atoms with E-state index in [0.29, 0.717) is 23.7 Å². The minimum absolute atomic E-state index is 0.0456. The van der Waals surface area contributed by atoms with Crippen molar-refractivity contribution < 1.29 is 4.79 Å². The molecule has 1 saturated heterocycles. The number of thiophene rings is 1. The molecule has 1 amide bonds. The number of benzene rings is 2. The summed E-state index contributed by atoms with van der Waals surface area (Å²) in [7, 11) is 0. The lowest BCUT2D eigenvalue weighted by Gasteiger charge is -2.32. The van der Waals surface area contributed by atoms with Gasteiger partial charge < -0.3 is 10.2 Å². The maximum atomic E-state index is 12.9. The average molecular weight is 459 g/mol. The first-order chi connectivity index (χ1) is 16.1. The Morgan fingerprint density at radius 1 is 1.18 bits per heavy atom. The number of carbonyl (C=O) groups is 1. The molecule has 1 aliphatic rings. The number of H-pyrrole nitrogens is 1. The number of nitrogens with one attached hydrogen (secondary N) is 2. The number of aromatic amines is 1. The average Bonchev–Trinajstić information content (AvgIpc) is 3.29. The van der Waals surface area contributed by atoms with E-state index in [1.54, 1.807) is 0 Å². The van der Waals surface area contributed by atoms with Crippen LogP contribution in [0.25, 0.3) is 21.3 Å². The summed E-state index contributed by atoms with van der Waals surface area (Å²) in [5.74, 6) is 0.449. The number of amides is 1. The van der Waals surface area contributed by atoms with Gasteiger partial charge in [-0.05, 0) is 30.9 Å². The second-order valence-corrected chi connectivity index (χ2v) is 9.45. The minimum Gasteiger partial charge on any atom is -0.352 e. The fourth-order valence-corrected chi connectivity index (χ4v) is 5.22. The highest BCUT2D eigenvalue weighted by Crippen LogP contribution is 2.32. The van der Waals surface area contributed by atoms with Gasteiger partial charge in [-0.1, -0.05) is 60.2 Å². The molecule has 7 heteroatoms. The Bertz CT molecular complexity index is 1330. The fourth-order valence-electron chi connectivity index (χ4n) is 4.31. The number of aromatic nitrogens is 2. The topological polar surface area (TPSA) is 78.1 Å². The van der Waals surface area contributed by atoms with Crippen molar-refractivity contribution in [3.8, 4) is 11.1 Å². The van der Waals surface area contributed by atoms with Crippen LogP contribution in [0.1, 0.15) is 24.0 Å². The molecule has 0 aliphatic carbocycles. The molecular weight excluding hydrogens is 432 g/mol. The van der Waals surface area contributed by atoms with E-state index in [2.05, 4.69) is 22.4 Å². The maximum Gasteiger partial charge on any atom is 0.270 e. The molecule has 2 N–H and O–H groups in total. The van der Waals surface area contributed by atoms with Gasteiger partial charge >= 0.3 is 0 Å². The summed E-state index contributed by atoms with van der Waals surface area (Å²) >= 11 is 1.41. The predicted octanol–water partition coefficient (Wildman–Crippen LogP) is 4.49. The van der Waals surface area contributed by atoms with Gasteiger partial charge in [0.1, 0.15) is 4.70 Å². The van der Waals surface area contributed by atoms with Crippen LogP contribution >= 0.6 is 11.3 Å². The zero-order valence-electron chi connectivity index (χ0n) is 18.5. The van der Waals surface area contributed by atoms with Crippen molar-refractivity contribution >= 4 is 33.4 Å². The van der Waals surface area contributed by atoms with E-state index in [0.717, 1.165) is 41.6 Å². The zero-order valence-corrected chi connectivity index (χ0v) is 19.3. The molecule has 0 bridgehead atoms. The quantitative estimate of drug-likeness (QED) is 0.462. The second kappa shape index (κ2) is 9.19. The van der Waals surface area contributed by atoms with Crippen molar-refractivity contribution in [3.63, 3.8) is 0 Å². The van der Waals surface area contributed by atoms with Crippen LogP contribution in [0.4, 0.5) is 5.95 Å². The number of nitrogens with zero attached hydrogens (tertiary/aromatic N) is 2. The van der Waals surface area contributed by atoms with E-state index >= 15 is 0 Å². The molecule has 0 saturated carbocycles. The van der Waals surface area contributed by atoms with Gasteiger partial charge in [0.25, 0.3) is 5.56 Å². The van der Waals surface area contributed by atoms with Crippen molar-refractivity contribution in [1.82, 2.24) is 15.3 Å². The molecule has 6 nitrogen and oxygen atoms in total. The van der Waals surface area contributed by atoms with Gasteiger partial charge in [0.05, 0.1) is 11.4 Å². The molecule has 0 spiro atoms. The minimum atomic E-state index is -0.138. The summed E-state index contributed by atoms with van der Waals surface area (Å²) in [6.07, 6.45) is 1.70. The van der Waals surface area contributed by atoms with Gasteiger partial charge in [0.15, 0.2) is 0 Å². The second-order valence-electron chi connectivity index (χ2n) is 8.57. The van der Waals surface area contributed by atoms with Crippen LogP contribution in [-0.4, -0.2) is 29.0 Å². The van der Waals surface area contributed by atoms with E-state index in [1.165, 1.54) is 16.9 Å². The zero-order chi connectivity index (χ0) is 22.8. The lowest BCUT2D eigenvalue weighted by atomic mass is 9.97. The van der Waals surface area contributed by atoms with E-state index in [9.17, 15) is 9.59 Å². The molecular formula is C26H26N4O2S. The molecule has 1 aliphatic heterocycles. The third-order valence-corrected chi connectivity index (χ3v) is 7.15. The van der Waals surface area contributed by atoms with E-state index in [1.807, 2.05) is 59.7 Å². The smallest absolute Gasteiger partial charge is 0.270 e. The number of piperidine rings is 1. The third-order valence-electron chi connectivity index (χ3n) is 6.18. The van der Waals surface area contributed by atoms with Crippen molar-refractivity contribution in [3.05, 3.63) is 81.5 Å². The Kier molecular flexibility index (Phi) is 5.96. The highest BCUT2D eigenvalue weighted by molar-refractivity contribution is 7.17. The van der Waals surface area contributed by atoms with Crippen LogP contribution in [0.2, 0.25) is 0 Å². The van der Waals surface area contributed by atoms with Crippen LogP contribution < -0.4 is 15.8 Å². The van der Waals surface area contributed by atoms with Gasteiger partial charge in [0.2, 0.25) is 11.9 Å². The lowest BCUT2D eigenvalue weighted by molar-refractivity contribution is -0.125. The summed E-state index contributed by atoms with van der Waals surface area (Å²) in [6, 6.07) is 18.2. The first-order valence-corrected chi connectivity index (χ1v) is 12.1. The van der Waals surface area contributed by atoms with Crippen molar-refractivity contribution in [1.29, 1.82) is 0 Å². The molecule has 1 unspecified atom stereocenters. The normalized spacial score (nSPS) is 16.2. The molecule has 1 fully saturated rings. The first kappa shape index (κ1) is 21.4. The number of aryl methyl sites for hydroxylation is 1. The van der Waals surface area contributed by atoms with Crippen molar-refractivity contribution in [2.24, 2.45) is 5.92 Å². The van der Waals surface area contributed by atoms with Gasteiger partial charge in [-0.3, -0.25) is 14.6 Å². The summed E-state index contributed by atoms with van der Waals surface area (Å²) in [4.78, 5) is 35.5. The fraction of sp³-hybridized carbons (Fsp3) is 0.269. The largest absolute Gasteiger partial charge is 0.352 e. The van der Waals surface area contributed by atoms with Gasteiger partial charge in [-0.15, -0.1) is 11.3 Å². The Hall–Kier alpha value is -3.45. The molecule has 3 heterocycles. The number of hydrogen-bond acceptors (Lipinski definition) is 5. The number of rotatable bonds is 5. The van der Waals surface area contributed by atoms with Crippen LogP contribution in [-0.2, 0) is 11.3 Å². The standard InChI is InChI=1S/C26H26N4O2S/c1-17-9-11-18(12-10-17)14-27-24(31)20-8-5-13-30(15-20)26-28-22-21(19-6-3-2-4-7-19)16-33-23(22)25(32)29-26/h2-4,6-7,9-12,16,20H,5,8,13-15H2,1H3,(H,27,31)(H,28,29,32). The maximum absolute atomic E-state index is 12.9. The molecule has 0 radical (unpaired) electrons. The van der Waals surface area contributed by atoms with Gasteiger partial charge in [-0.25, -0.2) is 4.98 Å². The number of fused-ring (bicyclic) bond motifs is 1. The number of anilines is 1. The molecule has 2 aromatic heterocycles. The van der Waals surface area contributed by atoms with Gasteiger partial charge in [-0.2, -0.15) is 0 Å². The Morgan fingerprint density at radius 2 is 1.97 bits per heavy atom. The monoisotopic (exact) mass is 458 g/mol. The Balaban J connectivity index is 1.34. The highest BCUT2D eigenvalue weighted by Gasteiger charge is 2.27. The van der Waals surface area contributed by atoms with Crippen molar-refractivity contribution in [2.75, 3.05) is 18.0 Å². The first-order valence-electron chi connectivity index (χ1n) is 11.2. The Labute approximate surface area is 196 Å². The predicted molar refractivity (Wildman–Crippen MR) is 134 cm³/mol. The summed E-state index contributed by atoms with van der Waals surface area (Å²) in [5.41, 5.74) is 4.88. The van der Waals surface area contributed by atoms with Gasteiger partial charge in [0, 0.05) is 30.6 Å². The third kappa shape index (κ3) is 4.54. The van der Waals surface area contributed by atoms with E-state index < -0.39 is 0 Å². The van der Waals surface area contributed by atoms with E-state index in [-0.39, 0.29) is 17.4 Å². The molecule has 1 atom stereocenters. The Morgan fingerprint density at radius 3 is 2.76 bits per heavy atom. The number of hydrogen-bond donors (Lipinski definition) is 2. The lowest BCUT2D eigenvalue weighted by Crippen LogP contribution is -2.44. The molecule has 168 valence electrons. The highest BCUT2D eigenvalue weighted by atomic mass is 32.1. The summed E-state index contributed by atoms with van der Waals surface area (Å²) in [5, 5.41) is 5.06. The number of carbonyl (C=O) groups excluding carboxylic acids is 1. The van der Waals surface area contributed by atoms with Crippen LogP contribution in [0, 0.1) is 12.8 Å². The molecule has 4 aromatic rings. The molecule has 5 rings (SSSR count). The van der Waals surface area contributed by atoms with Crippen LogP contribution in [0.5, 0.6) is 0 Å².